The predicted octanol–water partition coefficient (Wildman–Crippen LogP) is 3.40. The first-order valence-electron chi connectivity index (χ1n) is 13.2. The molecule has 0 aliphatic carbocycles. The lowest BCUT2D eigenvalue weighted by molar-refractivity contribution is -0.193. The van der Waals surface area contributed by atoms with Crippen molar-refractivity contribution in [1.82, 2.24) is 15.1 Å². The second-order valence-electron chi connectivity index (χ2n) is 9.52. The third kappa shape index (κ3) is 17.5. The minimum atomic E-state index is -5.08. The second-order valence-corrected chi connectivity index (χ2v) is 9.52. The van der Waals surface area contributed by atoms with Gasteiger partial charge in [0.15, 0.2) is 5.78 Å². The number of aliphatic carboxylic acids is 3. The minimum Gasteiger partial charge on any atom is -0.475 e. The number of halogens is 9. The molecule has 11 nitrogen and oxygen atoms in total. The van der Waals surface area contributed by atoms with E-state index in [2.05, 4.69) is 22.3 Å². The molecular formula is C26H32F9N3O8. The SMILES string of the molecule is CC(=O)N1CCN(CCCC(=O)c2ccc3c(c2)CCNCC3)CC1.O=C(O)C(F)(F)F.O=C(O)C(F)(F)F.O=C(O)C(F)(F)F. The number of hydrogen-bond donors (Lipinski definition) is 4. The Morgan fingerprint density at radius 2 is 1.13 bits per heavy atom. The number of alkyl halides is 9. The van der Waals surface area contributed by atoms with Crippen LogP contribution in [0.1, 0.15) is 41.3 Å². The summed E-state index contributed by atoms with van der Waals surface area (Å²) in [6, 6.07) is 6.24. The molecule has 0 radical (unpaired) electrons. The normalized spacial score (nSPS) is 15.2. The largest absolute Gasteiger partial charge is 0.490 e. The summed E-state index contributed by atoms with van der Waals surface area (Å²) in [5.41, 5.74) is 3.57. The number of piperazine rings is 1. The Hall–Kier alpha value is -3.94. The molecule has 1 aromatic rings. The van der Waals surface area contributed by atoms with Crippen LogP contribution in [0.4, 0.5) is 39.5 Å². The Balaban J connectivity index is 0.000000786. The van der Waals surface area contributed by atoms with Crippen molar-refractivity contribution in [2.45, 2.75) is 51.1 Å². The Kier molecular flexibility index (Phi) is 17.3. The summed E-state index contributed by atoms with van der Waals surface area (Å²) < 4.78 is 95.2. The Morgan fingerprint density at radius 1 is 0.717 bits per heavy atom. The van der Waals surface area contributed by atoms with E-state index in [1.165, 1.54) is 11.1 Å². The molecule has 1 saturated heterocycles. The molecule has 2 aliphatic heterocycles. The van der Waals surface area contributed by atoms with Gasteiger partial charge in [-0.25, -0.2) is 14.4 Å². The van der Waals surface area contributed by atoms with Crippen molar-refractivity contribution in [1.29, 1.82) is 0 Å². The van der Waals surface area contributed by atoms with E-state index in [-0.39, 0.29) is 11.7 Å². The maximum absolute atomic E-state index is 12.5. The lowest BCUT2D eigenvalue weighted by Crippen LogP contribution is -2.48. The molecule has 1 aromatic carbocycles. The van der Waals surface area contributed by atoms with E-state index in [9.17, 15) is 49.1 Å². The van der Waals surface area contributed by atoms with Gasteiger partial charge in [-0.15, -0.1) is 0 Å². The van der Waals surface area contributed by atoms with E-state index in [0.717, 1.165) is 70.6 Å². The summed E-state index contributed by atoms with van der Waals surface area (Å²) in [4.78, 5) is 54.8. The fourth-order valence-corrected chi connectivity index (χ4v) is 3.74. The number of ketones is 1. The van der Waals surface area contributed by atoms with Crippen molar-refractivity contribution in [3.63, 3.8) is 0 Å². The zero-order valence-electron chi connectivity index (χ0n) is 24.2. The monoisotopic (exact) mass is 685 g/mol. The number of nitrogens with one attached hydrogen (secondary N) is 1. The number of nitrogens with zero attached hydrogens (tertiary/aromatic N) is 2. The molecule has 4 N–H and O–H groups in total. The fourth-order valence-electron chi connectivity index (χ4n) is 3.74. The van der Waals surface area contributed by atoms with Crippen LogP contribution in [0.5, 0.6) is 0 Å². The average molecular weight is 686 g/mol. The molecule has 1 fully saturated rings. The summed E-state index contributed by atoms with van der Waals surface area (Å²) in [5.74, 6) is -7.86. The van der Waals surface area contributed by atoms with Crippen LogP contribution < -0.4 is 5.32 Å². The van der Waals surface area contributed by atoms with Crippen molar-refractivity contribution < 1.29 is 78.8 Å². The molecule has 20 heteroatoms. The molecule has 262 valence electrons. The molecule has 0 bridgehead atoms. The van der Waals surface area contributed by atoms with E-state index in [1.54, 1.807) is 6.92 Å². The van der Waals surface area contributed by atoms with Crippen molar-refractivity contribution >= 4 is 29.6 Å². The number of carbonyl (C=O) groups is 5. The van der Waals surface area contributed by atoms with E-state index in [0.29, 0.717) is 6.42 Å². The summed E-state index contributed by atoms with van der Waals surface area (Å²) >= 11 is 0. The van der Waals surface area contributed by atoms with Crippen LogP contribution in [0.25, 0.3) is 0 Å². The van der Waals surface area contributed by atoms with Gasteiger partial charge in [-0.2, -0.15) is 39.5 Å². The number of benzene rings is 1. The highest BCUT2D eigenvalue weighted by molar-refractivity contribution is 5.96. The van der Waals surface area contributed by atoms with E-state index >= 15 is 0 Å². The molecule has 0 aromatic heterocycles. The molecule has 0 atom stereocenters. The van der Waals surface area contributed by atoms with Gasteiger partial charge in [0.05, 0.1) is 0 Å². The highest BCUT2D eigenvalue weighted by atomic mass is 19.4. The average Bonchev–Trinajstić information content (AvgIpc) is 3.18. The quantitative estimate of drug-likeness (QED) is 0.267. The molecule has 2 aliphatic rings. The van der Waals surface area contributed by atoms with Crippen LogP contribution in [0, 0.1) is 0 Å². The van der Waals surface area contributed by atoms with Gasteiger partial charge in [0.1, 0.15) is 0 Å². The number of Topliss-reactive ketones (excluding diaryl/α,β-unsaturated/α-hetero) is 1. The highest BCUT2D eigenvalue weighted by Crippen LogP contribution is 2.18. The molecule has 1 amide bonds. The number of hydrogen-bond acceptors (Lipinski definition) is 7. The first-order valence-corrected chi connectivity index (χ1v) is 13.2. The van der Waals surface area contributed by atoms with Crippen molar-refractivity contribution in [2.75, 3.05) is 45.8 Å². The van der Waals surface area contributed by atoms with Gasteiger partial charge in [-0.05, 0) is 56.1 Å². The lowest BCUT2D eigenvalue weighted by Gasteiger charge is -2.34. The molecule has 0 unspecified atom stereocenters. The zero-order valence-corrected chi connectivity index (χ0v) is 24.2. The van der Waals surface area contributed by atoms with Crippen LogP contribution in [0.15, 0.2) is 18.2 Å². The van der Waals surface area contributed by atoms with E-state index < -0.39 is 36.4 Å². The standard InChI is InChI=1S/C20H29N3O2.3C2HF3O2/c1-16(24)23-13-11-22(12-14-23)10-2-3-20(25)19-5-4-17-6-8-21-9-7-18(17)15-19;3*3-2(4,5)1(6)7/h4-5,15,21H,2-3,6-14H2,1H3;3*(H,6,7). The molecule has 46 heavy (non-hydrogen) atoms. The third-order valence-electron chi connectivity index (χ3n) is 6.09. The van der Waals surface area contributed by atoms with Gasteiger partial charge < -0.3 is 25.5 Å². The molecular weight excluding hydrogens is 653 g/mol. The Labute approximate surface area is 255 Å². The van der Waals surface area contributed by atoms with Gasteiger partial charge in [-0.3, -0.25) is 14.5 Å². The van der Waals surface area contributed by atoms with E-state index in [1.807, 2.05) is 11.0 Å². The van der Waals surface area contributed by atoms with Gasteiger partial charge >= 0.3 is 36.4 Å². The summed E-state index contributed by atoms with van der Waals surface area (Å²) in [6.07, 6.45) is -11.7. The number of carboxylic acid groups (broad SMARTS) is 3. The molecule has 3 rings (SSSR count). The van der Waals surface area contributed by atoms with Gasteiger partial charge in [0, 0.05) is 45.1 Å². The smallest absolute Gasteiger partial charge is 0.475 e. The fraction of sp³-hybridized carbons (Fsp3) is 0.577. The molecule has 2 heterocycles. The number of carbonyl (C=O) groups excluding carboxylic acids is 2. The molecule has 0 saturated carbocycles. The molecule has 0 spiro atoms. The zero-order chi connectivity index (χ0) is 35.9. The van der Waals surface area contributed by atoms with Crippen LogP contribution >= 0.6 is 0 Å². The van der Waals surface area contributed by atoms with Gasteiger partial charge in [0.2, 0.25) is 5.91 Å². The summed E-state index contributed by atoms with van der Waals surface area (Å²) in [6.45, 7) is 8.04. The van der Waals surface area contributed by atoms with Crippen LogP contribution in [-0.4, -0.2) is 119 Å². The Bertz CT molecular complexity index is 1120. The van der Waals surface area contributed by atoms with Crippen LogP contribution in [0.3, 0.4) is 0 Å². The first kappa shape index (κ1) is 42.1. The van der Waals surface area contributed by atoms with Crippen LogP contribution in [0.2, 0.25) is 0 Å². The first-order chi connectivity index (χ1) is 21.0. The Morgan fingerprint density at radius 3 is 1.52 bits per heavy atom. The lowest BCUT2D eigenvalue weighted by atomic mass is 9.97. The number of fused-ring (bicyclic) bond motifs is 1. The van der Waals surface area contributed by atoms with Crippen molar-refractivity contribution in [3.05, 3.63) is 34.9 Å². The maximum atomic E-state index is 12.5. The van der Waals surface area contributed by atoms with Crippen molar-refractivity contribution in [3.8, 4) is 0 Å². The van der Waals surface area contributed by atoms with Gasteiger partial charge in [0.25, 0.3) is 0 Å². The topological polar surface area (TPSA) is 165 Å². The highest BCUT2D eigenvalue weighted by Gasteiger charge is 2.39. The second kappa shape index (κ2) is 18.9. The van der Waals surface area contributed by atoms with Gasteiger partial charge in [-0.1, -0.05) is 12.1 Å². The minimum absolute atomic E-state index is 0.160. The van der Waals surface area contributed by atoms with E-state index in [4.69, 9.17) is 29.7 Å². The van der Waals surface area contributed by atoms with Crippen molar-refractivity contribution in [2.24, 2.45) is 0 Å². The number of carboxylic acids is 3. The number of amides is 1. The maximum Gasteiger partial charge on any atom is 0.490 e. The van der Waals surface area contributed by atoms with Crippen LogP contribution in [-0.2, 0) is 32.0 Å². The third-order valence-corrected chi connectivity index (χ3v) is 6.09. The predicted molar refractivity (Wildman–Crippen MR) is 140 cm³/mol. The summed E-state index contributed by atoms with van der Waals surface area (Å²) in [5, 5.41) is 24.8. The summed E-state index contributed by atoms with van der Waals surface area (Å²) in [7, 11) is 0. The number of rotatable bonds is 5.